The van der Waals surface area contributed by atoms with Gasteiger partial charge in [0.2, 0.25) is 0 Å². The topological polar surface area (TPSA) is 40.3 Å². The maximum Gasteiger partial charge on any atom is 0.434 e. The highest BCUT2D eigenvalue weighted by molar-refractivity contribution is 6.30. The molecule has 1 N–H and O–H groups in total. The van der Waals surface area contributed by atoms with Crippen LogP contribution in [0.3, 0.4) is 0 Å². The average molecular weight is 228 g/mol. The third-order valence-electron chi connectivity index (χ3n) is 1.44. The molecule has 1 aliphatic heterocycles. The van der Waals surface area contributed by atoms with Crippen molar-refractivity contribution in [2.24, 2.45) is 0 Å². The van der Waals surface area contributed by atoms with E-state index in [1.807, 2.05) is 0 Å². The molecule has 1 saturated heterocycles. The van der Waals surface area contributed by atoms with Crippen molar-refractivity contribution in [1.29, 1.82) is 0 Å². The Labute approximate surface area is 82.1 Å². The van der Waals surface area contributed by atoms with Gasteiger partial charge in [0.15, 0.2) is 10.7 Å². The van der Waals surface area contributed by atoms with Crippen LogP contribution in [0.2, 0.25) is 0 Å². The number of nitrogens with zero attached hydrogens (tertiary/aromatic N) is 1. The Balaban J connectivity index is 3.07. The SMILES string of the molecule is O=C(O)C(=C=C(Cl)C(F)(F)F)N1CC1. The van der Waals surface area contributed by atoms with Gasteiger partial charge in [-0.25, -0.2) is 4.79 Å². The van der Waals surface area contributed by atoms with E-state index in [-0.39, 0.29) is 0 Å². The maximum atomic E-state index is 11.9. The number of hydrogen-bond donors (Lipinski definition) is 1. The first-order chi connectivity index (χ1) is 6.32. The Hall–Kier alpha value is -1.13. The van der Waals surface area contributed by atoms with Gasteiger partial charge in [-0.1, -0.05) is 17.3 Å². The standard InChI is InChI=1S/C7H5ClF3NO2/c8-5(7(9,10)11)3-4(6(13)14)12-1-2-12/h1-2H2,(H,13,14). The first-order valence-electron chi connectivity index (χ1n) is 3.54. The van der Waals surface area contributed by atoms with Crippen LogP contribution in [0.4, 0.5) is 13.2 Å². The van der Waals surface area contributed by atoms with Crippen molar-refractivity contribution in [1.82, 2.24) is 4.90 Å². The maximum absolute atomic E-state index is 11.9. The first kappa shape index (κ1) is 10.9. The lowest BCUT2D eigenvalue weighted by Crippen LogP contribution is -2.11. The van der Waals surface area contributed by atoms with E-state index in [0.717, 1.165) is 0 Å². The van der Waals surface area contributed by atoms with E-state index in [1.54, 1.807) is 5.73 Å². The minimum absolute atomic E-state index is 0.413. The predicted octanol–water partition coefficient (Wildman–Crippen LogP) is 1.55. The summed E-state index contributed by atoms with van der Waals surface area (Å²) in [5, 5.41) is 6.96. The number of hydrogen-bond acceptors (Lipinski definition) is 2. The molecule has 0 bridgehead atoms. The Morgan fingerprint density at radius 2 is 1.93 bits per heavy atom. The Bertz CT molecular complexity index is 326. The highest BCUT2D eigenvalue weighted by Crippen LogP contribution is 2.28. The lowest BCUT2D eigenvalue weighted by Gasteiger charge is -2.02. The van der Waals surface area contributed by atoms with Crippen LogP contribution in [0.5, 0.6) is 0 Å². The summed E-state index contributed by atoms with van der Waals surface area (Å²) in [7, 11) is 0. The lowest BCUT2D eigenvalue weighted by molar-refractivity contribution is -0.133. The van der Waals surface area contributed by atoms with Crippen molar-refractivity contribution < 1.29 is 23.1 Å². The van der Waals surface area contributed by atoms with Gasteiger partial charge in [0, 0.05) is 13.1 Å². The van der Waals surface area contributed by atoms with Gasteiger partial charge in [0.1, 0.15) is 0 Å². The first-order valence-corrected chi connectivity index (χ1v) is 3.92. The van der Waals surface area contributed by atoms with Crippen molar-refractivity contribution >= 4 is 17.6 Å². The van der Waals surface area contributed by atoms with Gasteiger partial charge in [-0.2, -0.15) is 13.2 Å². The fourth-order valence-corrected chi connectivity index (χ4v) is 0.806. The van der Waals surface area contributed by atoms with Gasteiger partial charge in [-0.15, -0.1) is 0 Å². The van der Waals surface area contributed by atoms with Crippen LogP contribution >= 0.6 is 11.6 Å². The molecule has 0 aromatic heterocycles. The zero-order valence-corrected chi connectivity index (χ0v) is 7.48. The van der Waals surface area contributed by atoms with Crippen molar-refractivity contribution in [3.63, 3.8) is 0 Å². The molecule has 1 fully saturated rings. The van der Waals surface area contributed by atoms with Crippen LogP contribution in [-0.2, 0) is 4.79 Å². The summed E-state index contributed by atoms with van der Waals surface area (Å²) in [5.41, 5.74) is 1.07. The van der Waals surface area contributed by atoms with Crippen molar-refractivity contribution in [2.45, 2.75) is 6.18 Å². The van der Waals surface area contributed by atoms with Gasteiger partial charge in [0.05, 0.1) is 0 Å². The van der Waals surface area contributed by atoms with Crippen LogP contribution in [-0.4, -0.2) is 35.2 Å². The van der Waals surface area contributed by atoms with E-state index < -0.39 is 22.9 Å². The molecule has 0 aromatic rings. The fraction of sp³-hybridized carbons (Fsp3) is 0.429. The number of rotatable bonds is 2. The number of carbonyl (C=O) groups is 1. The number of halogens is 4. The third-order valence-corrected chi connectivity index (χ3v) is 1.75. The Morgan fingerprint density at radius 1 is 1.43 bits per heavy atom. The zero-order chi connectivity index (χ0) is 10.9. The van der Waals surface area contributed by atoms with Crippen LogP contribution in [0.15, 0.2) is 16.5 Å². The zero-order valence-electron chi connectivity index (χ0n) is 6.73. The molecule has 7 heteroatoms. The second-order valence-corrected chi connectivity index (χ2v) is 2.96. The second kappa shape index (κ2) is 3.55. The number of carboxylic acid groups (broad SMARTS) is 1. The molecule has 14 heavy (non-hydrogen) atoms. The van der Waals surface area contributed by atoms with Crippen molar-refractivity contribution in [3.05, 3.63) is 16.5 Å². The summed E-state index contributed by atoms with van der Waals surface area (Å²) < 4.78 is 35.7. The Morgan fingerprint density at radius 3 is 2.21 bits per heavy atom. The number of alkyl halides is 3. The highest BCUT2D eigenvalue weighted by atomic mass is 35.5. The van der Waals surface area contributed by atoms with Crippen LogP contribution in [0.1, 0.15) is 0 Å². The van der Waals surface area contributed by atoms with Crippen LogP contribution in [0, 0.1) is 0 Å². The summed E-state index contributed by atoms with van der Waals surface area (Å²) >= 11 is 4.84. The van der Waals surface area contributed by atoms with Gasteiger partial charge < -0.3 is 10.0 Å². The molecule has 1 aliphatic rings. The molecule has 1 rings (SSSR count). The van der Waals surface area contributed by atoms with Crippen molar-refractivity contribution in [2.75, 3.05) is 13.1 Å². The quantitative estimate of drug-likeness (QED) is 0.442. The highest BCUT2D eigenvalue weighted by Gasteiger charge is 2.34. The minimum Gasteiger partial charge on any atom is -0.476 e. The summed E-state index contributed by atoms with van der Waals surface area (Å²) in [6, 6.07) is 0. The normalized spacial score (nSPS) is 14.7. The smallest absolute Gasteiger partial charge is 0.434 e. The predicted molar refractivity (Wildman–Crippen MR) is 41.7 cm³/mol. The van der Waals surface area contributed by atoms with Crippen LogP contribution < -0.4 is 0 Å². The molecule has 0 spiro atoms. The van der Waals surface area contributed by atoms with Gasteiger partial charge in [-0.3, -0.25) is 0 Å². The van der Waals surface area contributed by atoms with E-state index in [0.29, 0.717) is 13.1 Å². The summed E-state index contributed by atoms with van der Waals surface area (Å²) in [6.45, 7) is 0.827. The van der Waals surface area contributed by atoms with Crippen LogP contribution in [0.25, 0.3) is 0 Å². The number of aliphatic carboxylic acids is 1. The molecule has 0 aliphatic carbocycles. The van der Waals surface area contributed by atoms with Crippen molar-refractivity contribution in [3.8, 4) is 0 Å². The summed E-state index contributed by atoms with van der Waals surface area (Å²) in [6.07, 6.45) is -4.75. The molecule has 0 amide bonds. The molecule has 3 nitrogen and oxygen atoms in total. The van der Waals surface area contributed by atoms with E-state index in [4.69, 9.17) is 16.7 Å². The molecular formula is C7H5ClF3NO2. The largest absolute Gasteiger partial charge is 0.476 e. The van der Waals surface area contributed by atoms with E-state index in [9.17, 15) is 18.0 Å². The molecule has 0 saturated carbocycles. The van der Waals surface area contributed by atoms with E-state index in [2.05, 4.69) is 0 Å². The molecule has 0 radical (unpaired) electrons. The molecule has 0 unspecified atom stereocenters. The van der Waals surface area contributed by atoms with E-state index in [1.165, 1.54) is 4.90 Å². The summed E-state index contributed by atoms with van der Waals surface area (Å²) in [5.74, 6) is -1.47. The van der Waals surface area contributed by atoms with Gasteiger partial charge >= 0.3 is 12.1 Å². The second-order valence-electron chi connectivity index (χ2n) is 2.58. The molecule has 0 aromatic carbocycles. The molecule has 78 valence electrons. The summed E-state index contributed by atoms with van der Waals surface area (Å²) in [4.78, 5) is 11.7. The van der Waals surface area contributed by atoms with E-state index >= 15 is 0 Å². The fourth-order valence-electron chi connectivity index (χ4n) is 0.716. The number of carboxylic acids is 1. The average Bonchev–Trinajstić information content (AvgIpc) is 2.79. The monoisotopic (exact) mass is 227 g/mol. The molecule has 0 atom stereocenters. The lowest BCUT2D eigenvalue weighted by atomic mass is 10.4. The Kier molecular flexibility index (Phi) is 2.78. The minimum atomic E-state index is -4.75. The van der Waals surface area contributed by atoms with Gasteiger partial charge in [-0.05, 0) is 0 Å². The molecule has 1 heterocycles. The third kappa shape index (κ3) is 2.68. The van der Waals surface area contributed by atoms with Gasteiger partial charge in [0.25, 0.3) is 0 Å². The molecular weight excluding hydrogens is 223 g/mol.